The van der Waals surface area contributed by atoms with Crippen molar-refractivity contribution < 1.29 is 14.3 Å². The predicted molar refractivity (Wildman–Crippen MR) is 97.2 cm³/mol. The van der Waals surface area contributed by atoms with E-state index >= 15 is 0 Å². The number of amides is 1. The number of thiazole rings is 1. The molecule has 3 rings (SSSR count). The van der Waals surface area contributed by atoms with Crippen LogP contribution in [-0.4, -0.2) is 31.0 Å². The standard InChI is InChI=1S/C9H14N4OS.C8H8O2/c1-11-8(14)6-7(10)15-9(13-6)5-3-2-4-12-5;9-7-10-6-8-4-2-1-3-5-8/h5,12H,2-4,10H2,1H3,(H,11,14);1-5,7H,6H2/t5-;/m1./s1. The minimum absolute atomic E-state index is 0.215. The van der Waals surface area contributed by atoms with E-state index in [1.165, 1.54) is 11.3 Å². The average Bonchev–Trinajstić information content (AvgIpc) is 3.30. The van der Waals surface area contributed by atoms with Crippen LogP contribution in [0.2, 0.25) is 0 Å². The van der Waals surface area contributed by atoms with Gasteiger partial charge in [-0.05, 0) is 24.9 Å². The van der Waals surface area contributed by atoms with E-state index in [-0.39, 0.29) is 11.9 Å². The molecule has 1 fully saturated rings. The molecule has 0 spiro atoms. The Labute approximate surface area is 150 Å². The van der Waals surface area contributed by atoms with Crippen molar-refractivity contribution in [1.82, 2.24) is 15.6 Å². The highest BCUT2D eigenvalue weighted by molar-refractivity contribution is 7.16. The van der Waals surface area contributed by atoms with E-state index in [4.69, 9.17) is 5.73 Å². The highest BCUT2D eigenvalue weighted by Crippen LogP contribution is 2.30. The average molecular weight is 362 g/mol. The van der Waals surface area contributed by atoms with Crippen molar-refractivity contribution in [2.45, 2.75) is 25.5 Å². The van der Waals surface area contributed by atoms with Gasteiger partial charge in [0.15, 0.2) is 5.69 Å². The van der Waals surface area contributed by atoms with Crippen molar-refractivity contribution in [1.29, 1.82) is 0 Å². The van der Waals surface area contributed by atoms with Gasteiger partial charge in [-0.15, -0.1) is 0 Å². The van der Waals surface area contributed by atoms with Gasteiger partial charge >= 0.3 is 0 Å². The van der Waals surface area contributed by atoms with Crippen molar-refractivity contribution in [3.05, 3.63) is 46.6 Å². The lowest BCUT2D eigenvalue weighted by atomic mass is 10.2. The van der Waals surface area contributed by atoms with Crippen LogP contribution in [0.1, 0.15) is 39.9 Å². The second kappa shape index (κ2) is 9.75. The van der Waals surface area contributed by atoms with Gasteiger partial charge < -0.3 is 21.1 Å². The summed E-state index contributed by atoms with van der Waals surface area (Å²) in [6, 6.07) is 9.82. The molecule has 1 aliphatic rings. The smallest absolute Gasteiger partial charge is 0.293 e. The van der Waals surface area contributed by atoms with Gasteiger partial charge in [0.05, 0.1) is 6.04 Å². The summed E-state index contributed by atoms with van der Waals surface area (Å²) in [5.41, 5.74) is 7.11. The second-order valence-corrected chi connectivity index (χ2v) is 6.45. The van der Waals surface area contributed by atoms with Gasteiger partial charge in [-0.3, -0.25) is 9.59 Å². The summed E-state index contributed by atoms with van der Waals surface area (Å²) in [6.45, 7) is 1.83. The third-order valence-corrected chi connectivity index (χ3v) is 4.63. The Hall–Kier alpha value is -2.45. The van der Waals surface area contributed by atoms with Gasteiger partial charge in [0.1, 0.15) is 16.6 Å². The quantitative estimate of drug-likeness (QED) is 0.701. The maximum atomic E-state index is 11.4. The van der Waals surface area contributed by atoms with Crippen molar-refractivity contribution in [3.63, 3.8) is 0 Å². The zero-order valence-corrected chi connectivity index (χ0v) is 14.8. The molecular formula is C17H22N4O3S. The summed E-state index contributed by atoms with van der Waals surface area (Å²) < 4.78 is 4.54. The maximum Gasteiger partial charge on any atom is 0.293 e. The molecule has 0 saturated carbocycles. The first-order chi connectivity index (χ1) is 12.2. The Balaban J connectivity index is 0.000000196. The Morgan fingerprint density at radius 2 is 2.24 bits per heavy atom. The monoisotopic (exact) mass is 362 g/mol. The van der Waals surface area contributed by atoms with E-state index < -0.39 is 0 Å². The lowest BCUT2D eigenvalue weighted by Gasteiger charge is -2.03. The highest BCUT2D eigenvalue weighted by atomic mass is 32.1. The molecular weight excluding hydrogens is 340 g/mol. The molecule has 7 nitrogen and oxygen atoms in total. The topological polar surface area (TPSA) is 106 Å². The fourth-order valence-corrected chi connectivity index (χ4v) is 3.32. The first-order valence-corrected chi connectivity index (χ1v) is 8.78. The van der Waals surface area contributed by atoms with Gasteiger partial charge in [0.2, 0.25) is 0 Å². The number of ether oxygens (including phenoxy) is 1. The molecule has 4 N–H and O–H groups in total. The number of nitrogen functional groups attached to an aromatic ring is 1. The van der Waals surface area contributed by atoms with Gasteiger partial charge in [0.25, 0.3) is 12.4 Å². The minimum Gasteiger partial charge on any atom is -0.463 e. The van der Waals surface area contributed by atoms with E-state index in [0.717, 1.165) is 30.0 Å². The van der Waals surface area contributed by atoms with Crippen molar-refractivity contribution in [2.75, 3.05) is 19.3 Å². The number of carbonyl (C=O) groups is 2. The summed E-state index contributed by atoms with van der Waals surface area (Å²) in [6.07, 6.45) is 2.22. The molecule has 25 heavy (non-hydrogen) atoms. The van der Waals surface area contributed by atoms with Gasteiger partial charge in [-0.2, -0.15) is 0 Å². The van der Waals surface area contributed by atoms with Gasteiger partial charge in [-0.1, -0.05) is 41.7 Å². The number of aromatic nitrogens is 1. The number of benzene rings is 1. The van der Waals surface area contributed by atoms with E-state index in [0.29, 0.717) is 23.8 Å². The molecule has 0 bridgehead atoms. The summed E-state index contributed by atoms with van der Waals surface area (Å²) in [5.74, 6) is -0.215. The highest BCUT2D eigenvalue weighted by Gasteiger charge is 2.23. The van der Waals surface area contributed by atoms with Crippen molar-refractivity contribution in [3.8, 4) is 0 Å². The first-order valence-electron chi connectivity index (χ1n) is 7.96. The van der Waals surface area contributed by atoms with Crippen LogP contribution in [0.4, 0.5) is 5.00 Å². The number of rotatable bonds is 5. The molecule has 1 aromatic carbocycles. The first kappa shape index (κ1) is 18.9. The number of carbonyl (C=O) groups excluding carboxylic acids is 2. The molecule has 0 radical (unpaired) electrons. The van der Waals surface area contributed by atoms with Gasteiger partial charge in [-0.25, -0.2) is 4.98 Å². The molecule has 1 aromatic heterocycles. The van der Waals surface area contributed by atoms with Crippen LogP contribution in [0.3, 0.4) is 0 Å². The van der Waals surface area contributed by atoms with Crippen LogP contribution in [0.5, 0.6) is 0 Å². The largest absolute Gasteiger partial charge is 0.463 e. The number of nitrogens with one attached hydrogen (secondary N) is 2. The maximum absolute atomic E-state index is 11.4. The number of nitrogens with zero attached hydrogens (tertiary/aromatic N) is 1. The summed E-state index contributed by atoms with van der Waals surface area (Å²) in [4.78, 5) is 25.4. The summed E-state index contributed by atoms with van der Waals surface area (Å²) in [7, 11) is 1.58. The second-order valence-electron chi connectivity index (χ2n) is 5.39. The lowest BCUT2D eigenvalue weighted by Crippen LogP contribution is -2.20. The zero-order chi connectivity index (χ0) is 18.1. The molecule has 1 saturated heterocycles. The van der Waals surface area contributed by atoms with Crippen LogP contribution >= 0.6 is 11.3 Å². The van der Waals surface area contributed by atoms with Crippen LogP contribution in [-0.2, 0) is 16.1 Å². The Morgan fingerprint density at radius 3 is 2.84 bits per heavy atom. The number of anilines is 1. The molecule has 134 valence electrons. The predicted octanol–water partition coefficient (Wildman–Crippen LogP) is 1.87. The Kier molecular flexibility index (Phi) is 7.36. The van der Waals surface area contributed by atoms with E-state index in [1.807, 2.05) is 30.3 Å². The number of nitrogens with two attached hydrogens (primary N) is 1. The van der Waals surface area contributed by atoms with Crippen LogP contribution in [0, 0.1) is 0 Å². The van der Waals surface area contributed by atoms with E-state index in [1.54, 1.807) is 7.05 Å². The minimum atomic E-state index is -0.215. The summed E-state index contributed by atoms with van der Waals surface area (Å²) in [5, 5.41) is 7.28. The molecule has 2 heterocycles. The third kappa shape index (κ3) is 5.54. The van der Waals surface area contributed by atoms with E-state index in [2.05, 4.69) is 20.4 Å². The zero-order valence-electron chi connectivity index (χ0n) is 14.0. The molecule has 0 aliphatic carbocycles. The fourth-order valence-electron chi connectivity index (χ4n) is 2.38. The Bertz CT molecular complexity index is 684. The Morgan fingerprint density at radius 1 is 1.48 bits per heavy atom. The van der Waals surface area contributed by atoms with Crippen molar-refractivity contribution >= 4 is 28.7 Å². The van der Waals surface area contributed by atoms with Crippen LogP contribution in [0.25, 0.3) is 0 Å². The number of hydrogen-bond acceptors (Lipinski definition) is 7. The molecule has 1 aliphatic heterocycles. The fraction of sp³-hybridized carbons (Fsp3) is 0.353. The number of hydrogen-bond donors (Lipinski definition) is 3. The van der Waals surface area contributed by atoms with Crippen LogP contribution < -0.4 is 16.4 Å². The molecule has 1 atom stereocenters. The third-order valence-electron chi connectivity index (χ3n) is 3.63. The summed E-state index contributed by atoms with van der Waals surface area (Å²) >= 11 is 1.40. The van der Waals surface area contributed by atoms with Gasteiger partial charge in [0, 0.05) is 7.05 Å². The SMILES string of the molecule is CNC(=O)c1nc([C@H]2CCCN2)sc1N.O=COCc1ccccc1. The van der Waals surface area contributed by atoms with Crippen molar-refractivity contribution in [2.24, 2.45) is 0 Å². The van der Waals surface area contributed by atoms with E-state index in [9.17, 15) is 9.59 Å². The molecule has 2 aromatic rings. The lowest BCUT2D eigenvalue weighted by molar-refractivity contribution is -0.129. The molecule has 8 heteroatoms. The normalized spacial score (nSPS) is 15.8. The molecule has 0 unspecified atom stereocenters. The molecule has 1 amide bonds. The van der Waals surface area contributed by atoms with Crippen LogP contribution in [0.15, 0.2) is 30.3 Å².